The molecular formula is C11H8BF2NO3. The van der Waals surface area contributed by atoms with E-state index in [0.29, 0.717) is 0 Å². The highest BCUT2D eigenvalue weighted by Crippen LogP contribution is 2.17. The number of nitrogens with one attached hydrogen (secondary N) is 1. The number of furan rings is 1. The Morgan fingerprint density at radius 3 is 2.78 bits per heavy atom. The van der Waals surface area contributed by atoms with E-state index in [0.717, 1.165) is 6.08 Å². The van der Waals surface area contributed by atoms with Gasteiger partial charge in [0, 0.05) is 12.3 Å². The van der Waals surface area contributed by atoms with Gasteiger partial charge in [0.25, 0.3) is 0 Å². The van der Waals surface area contributed by atoms with Crippen LogP contribution in [-0.2, 0) is 4.65 Å². The maximum Gasteiger partial charge on any atom is 0.796 e. The Morgan fingerprint density at radius 2 is 2.22 bits per heavy atom. The Morgan fingerprint density at radius 1 is 1.39 bits per heavy atom. The fourth-order valence-corrected chi connectivity index (χ4v) is 1.36. The first kappa shape index (κ1) is 12.2. The molecular weight excluding hydrogens is 243 g/mol. The molecule has 2 rings (SSSR count). The van der Waals surface area contributed by atoms with Gasteiger partial charge in [0.2, 0.25) is 5.78 Å². The number of H-pyrrole nitrogens is 1. The van der Waals surface area contributed by atoms with Crippen LogP contribution in [0.4, 0.5) is 8.63 Å². The predicted molar refractivity (Wildman–Crippen MR) is 60.9 cm³/mol. The third-order valence-corrected chi connectivity index (χ3v) is 2.11. The van der Waals surface area contributed by atoms with Crippen LogP contribution in [0, 0.1) is 0 Å². The Labute approximate surface area is 101 Å². The van der Waals surface area contributed by atoms with Crippen LogP contribution in [0.1, 0.15) is 16.2 Å². The van der Waals surface area contributed by atoms with Gasteiger partial charge in [-0.25, -0.2) is 8.63 Å². The van der Waals surface area contributed by atoms with Gasteiger partial charge >= 0.3 is 7.47 Å². The lowest BCUT2D eigenvalue weighted by atomic mass is 10.2. The van der Waals surface area contributed by atoms with Gasteiger partial charge in [0.15, 0.2) is 5.76 Å². The molecule has 92 valence electrons. The number of aromatic nitrogens is 1. The van der Waals surface area contributed by atoms with E-state index in [1.165, 1.54) is 30.7 Å². The standard InChI is InChI=1S/C11H8BF2NO3/c13-12(14)18-11(8-3-1-5-15-8)7-9(16)10-4-2-6-17-10/h1-7,15H/b11-7-. The van der Waals surface area contributed by atoms with Crippen molar-refractivity contribution in [1.82, 2.24) is 4.98 Å². The Kier molecular flexibility index (Phi) is 3.61. The van der Waals surface area contributed by atoms with Crippen molar-refractivity contribution < 1.29 is 22.5 Å². The summed E-state index contributed by atoms with van der Waals surface area (Å²) in [5.74, 6) is -0.737. The molecule has 0 aromatic carbocycles. The number of hydrogen-bond acceptors (Lipinski definition) is 3. The molecule has 0 amide bonds. The summed E-state index contributed by atoms with van der Waals surface area (Å²) in [6.07, 6.45) is 3.82. The van der Waals surface area contributed by atoms with Crippen molar-refractivity contribution in [3.63, 3.8) is 0 Å². The zero-order valence-corrected chi connectivity index (χ0v) is 9.10. The minimum absolute atomic E-state index is 0.0527. The number of ketones is 1. The van der Waals surface area contributed by atoms with Gasteiger partial charge in [0.05, 0.1) is 12.0 Å². The molecule has 18 heavy (non-hydrogen) atoms. The number of halogens is 2. The highest BCUT2D eigenvalue weighted by Gasteiger charge is 2.22. The lowest BCUT2D eigenvalue weighted by Crippen LogP contribution is -2.06. The molecule has 0 fully saturated rings. The molecule has 4 nitrogen and oxygen atoms in total. The van der Waals surface area contributed by atoms with Gasteiger partial charge < -0.3 is 14.1 Å². The van der Waals surface area contributed by atoms with E-state index in [1.807, 2.05) is 0 Å². The first-order chi connectivity index (χ1) is 8.66. The van der Waals surface area contributed by atoms with Crippen molar-refractivity contribution in [1.29, 1.82) is 0 Å². The number of hydrogen-bond donors (Lipinski definition) is 1. The van der Waals surface area contributed by atoms with Gasteiger partial charge in [0.1, 0.15) is 5.76 Å². The lowest BCUT2D eigenvalue weighted by Gasteiger charge is -2.05. The summed E-state index contributed by atoms with van der Waals surface area (Å²) in [6.45, 7) is 0. The van der Waals surface area contributed by atoms with Crippen LogP contribution in [-0.4, -0.2) is 18.2 Å². The zero-order chi connectivity index (χ0) is 13.0. The Hall–Kier alpha value is -2.31. The second kappa shape index (κ2) is 5.35. The van der Waals surface area contributed by atoms with Crippen molar-refractivity contribution in [2.75, 3.05) is 0 Å². The second-order valence-electron chi connectivity index (χ2n) is 3.31. The molecule has 0 radical (unpaired) electrons. The quantitative estimate of drug-likeness (QED) is 0.384. The average Bonchev–Trinajstić information content (AvgIpc) is 3.01. The van der Waals surface area contributed by atoms with Gasteiger partial charge in [-0.15, -0.1) is 0 Å². The predicted octanol–water partition coefficient (Wildman–Crippen LogP) is 2.77. The van der Waals surface area contributed by atoms with E-state index in [4.69, 9.17) is 4.42 Å². The van der Waals surface area contributed by atoms with Gasteiger partial charge in [-0.2, -0.15) is 0 Å². The third-order valence-electron chi connectivity index (χ3n) is 2.11. The highest BCUT2D eigenvalue weighted by atomic mass is 19.2. The van der Waals surface area contributed by atoms with Crippen LogP contribution in [0.2, 0.25) is 0 Å². The van der Waals surface area contributed by atoms with E-state index in [-0.39, 0.29) is 17.2 Å². The largest absolute Gasteiger partial charge is 0.796 e. The van der Waals surface area contributed by atoms with Gasteiger partial charge in [-0.1, -0.05) is 0 Å². The molecule has 2 heterocycles. The van der Waals surface area contributed by atoms with Crippen molar-refractivity contribution >= 4 is 19.0 Å². The summed E-state index contributed by atoms with van der Waals surface area (Å²) in [7, 11) is -3.01. The molecule has 7 heteroatoms. The molecule has 0 spiro atoms. The molecule has 2 aromatic heterocycles. The van der Waals surface area contributed by atoms with Crippen LogP contribution in [0.25, 0.3) is 5.76 Å². The molecule has 0 aliphatic carbocycles. The number of carbonyl (C=O) groups excluding carboxylic acids is 1. The average molecular weight is 251 g/mol. The lowest BCUT2D eigenvalue weighted by molar-refractivity contribution is 0.102. The minimum atomic E-state index is -3.01. The molecule has 0 saturated carbocycles. The third kappa shape index (κ3) is 2.88. The van der Waals surface area contributed by atoms with Crippen molar-refractivity contribution in [2.24, 2.45) is 0 Å². The molecule has 0 saturated heterocycles. The van der Waals surface area contributed by atoms with Crippen molar-refractivity contribution in [3.8, 4) is 0 Å². The van der Waals surface area contributed by atoms with Crippen LogP contribution in [0.15, 0.2) is 47.2 Å². The summed E-state index contributed by atoms with van der Waals surface area (Å²) in [6, 6.07) is 6.09. The molecule has 0 aliphatic rings. The number of allylic oxidation sites excluding steroid dienone is 1. The Bertz CT molecular complexity index is 535. The Balaban J connectivity index is 2.26. The van der Waals surface area contributed by atoms with Crippen molar-refractivity contribution in [3.05, 3.63) is 54.3 Å². The van der Waals surface area contributed by atoms with E-state index >= 15 is 0 Å². The summed E-state index contributed by atoms with van der Waals surface area (Å²) >= 11 is 0. The number of aromatic amines is 1. The maximum atomic E-state index is 12.3. The fraction of sp³-hybridized carbons (Fsp3) is 0. The summed E-state index contributed by atoms with van der Waals surface area (Å²) < 4.78 is 33.7. The van der Waals surface area contributed by atoms with Gasteiger partial charge in [-0.3, -0.25) is 4.79 Å². The molecule has 1 N–H and O–H groups in total. The summed E-state index contributed by atoms with van der Waals surface area (Å²) in [5.41, 5.74) is 0.287. The number of carbonyl (C=O) groups is 1. The normalized spacial score (nSPS) is 11.3. The smallest absolute Gasteiger partial charge is 0.503 e. The van der Waals surface area contributed by atoms with Crippen LogP contribution in [0.3, 0.4) is 0 Å². The van der Waals surface area contributed by atoms with Crippen LogP contribution < -0.4 is 0 Å². The highest BCUT2D eigenvalue weighted by molar-refractivity contribution is 6.36. The minimum Gasteiger partial charge on any atom is -0.503 e. The summed E-state index contributed by atoms with van der Waals surface area (Å²) in [4.78, 5) is 14.4. The topological polar surface area (TPSA) is 55.2 Å². The molecule has 0 aliphatic heterocycles. The van der Waals surface area contributed by atoms with E-state index in [9.17, 15) is 13.4 Å². The fourth-order valence-electron chi connectivity index (χ4n) is 1.36. The molecule has 0 bridgehead atoms. The molecule has 0 unspecified atom stereocenters. The summed E-state index contributed by atoms with van der Waals surface area (Å²) in [5, 5.41) is 0. The number of rotatable bonds is 5. The van der Waals surface area contributed by atoms with Crippen molar-refractivity contribution in [2.45, 2.75) is 0 Å². The zero-order valence-electron chi connectivity index (χ0n) is 9.10. The SMILES string of the molecule is O=C(/C=C(\OB(F)F)c1ccc[nH]1)c1ccco1. The first-order valence-electron chi connectivity index (χ1n) is 5.05. The van der Waals surface area contributed by atoms with E-state index in [1.54, 1.807) is 6.07 Å². The van der Waals surface area contributed by atoms with Crippen LogP contribution in [0.5, 0.6) is 0 Å². The second-order valence-corrected chi connectivity index (χ2v) is 3.31. The molecule has 2 aromatic rings. The van der Waals surface area contributed by atoms with Gasteiger partial charge in [-0.05, 0) is 24.3 Å². The first-order valence-corrected chi connectivity index (χ1v) is 5.05. The maximum absolute atomic E-state index is 12.3. The van der Waals surface area contributed by atoms with E-state index in [2.05, 4.69) is 9.64 Å². The van der Waals surface area contributed by atoms with E-state index < -0.39 is 13.3 Å². The molecule has 0 atom stereocenters. The monoisotopic (exact) mass is 251 g/mol. The van der Waals surface area contributed by atoms with Crippen LogP contribution >= 0.6 is 0 Å².